The van der Waals surface area contributed by atoms with E-state index in [1.807, 2.05) is 0 Å². The molecular formula is C21H34O3S. The maximum Gasteiger partial charge on any atom is 0.303 e. The summed E-state index contributed by atoms with van der Waals surface area (Å²) >= 11 is 2.24. The first-order valence-electron chi connectivity index (χ1n) is 10.4. The number of carboxylic acids is 1. The minimum absolute atomic E-state index is 0.287. The minimum Gasteiger partial charge on any atom is -0.481 e. The zero-order valence-corrected chi connectivity index (χ0v) is 16.2. The molecule has 142 valence electrons. The van der Waals surface area contributed by atoms with Crippen molar-refractivity contribution in [2.24, 2.45) is 11.8 Å². The molecule has 0 aromatic heterocycles. The Hall–Kier alpha value is -0.480. The molecule has 3 rings (SSSR count). The fraction of sp³-hybridized carbons (Fsp3) is 0.857. The molecule has 1 saturated carbocycles. The quantitative estimate of drug-likeness (QED) is 0.413. The van der Waals surface area contributed by atoms with Crippen LogP contribution in [0.15, 0.2) is 12.2 Å². The number of thioether (sulfide) groups is 1. The van der Waals surface area contributed by atoms with Crippen molar-refractivity contribution >= 4 is 17.7 Å². The third-order valence-corrected chi connectivity index (χ3v) is 8.15. The predicted molar refractivity (Wildman–Crippen MR) is 104 cm³/mol. The van der Waals surface area contributed by atoms with Gasteiger partial charge in [-0.25, -0.2) is 0 Å². The van der Waals surface area contributed by atoms with Gasteiger partial charge in [0.15, 0.2) is 0 Å². The molecular weight excluding hydrogens is 332 g/mol. The van der Waals surface area contributed by atoms with Crippen LogP contribution in [-0.4, -0.2) is 34.3 Å². The summed E-state index contributed by atoms with van der Waals surface area (Å²) in [5, 5.41) is 10.4. The Morgan fingerprint density at radius 1 is 1.04 bits per heavy atom. The fourth-order valence-corrected chi connectivity index (χ4v) is 6.99. The van der Waals surface area contributed by atoms with Gasteiger partial charge in [-0.15, -0.1) is 0 Å². The van der Waals surface area contributed by atoms with E-state index in [1.165, 1.54) is 57.8 Å². The van der Waals surface area contributed by atoms with E-state index in [9.17, 15) is 4.79 Å². The number of hydrogen-bond acceptors (Lipinski definition) is 3. The van der Waals surface area contributed by atoms with Gasteiger partial charge in [0, 0.05) is 23.5 Å². The van der Waals surface area contributed by atoms with Crippen molar-refractivity contribution in [3.63, 3.8) is 0 Å². The predicted octanol–water partition coefficient (Wildman–Crippen LogP) is 5.44. The van der Waals surface area contributed by atoms with Crippen LogP contribution in [0.4, 0.5) is 0 Å². The molecule has 25 heavy (non-hydrogen) atoms. The Bertz CT molecular complexity index is 444. The Kier molecular flexibility index (Phi) is 7.72. The van der Waals surface area contributed by atoms with Crippen LogP contribution in [-0.2, 0) is 9.53 Å². The highest BCUT2D eigenvalue weighted by atomic mass is 32.2. The molecule has 3 fully saturated rings. The SMILES string of the molecule is O=C(O)CCC/C=C\C[C@@H]1[C@H](CCOC2CCCCC2)[C@@H]2CC[C@H]1S2. The van der Waals surface area contributed by atoms with Gasteiger partial charge in [0.2, 0.25) is 0 Å². The third kappa shape index (κ3) is 5.75. The summed E-state index contributed by atoms with van der Waals surface area (Å²) in [7, 11) is 0. The Balaban J connectivity index is 1.38. The highest BCUT2D eigenvalue weighted by molar-refractivity contribution is 8.01. The first kappa shape index (κ1) is 19.3. The van der Waals surface area contributed by atoms with Crippen LogP contribution in [0.1, 0.15) is 77.0 Å². The lowest BCUT2D eigenvalue weighted by Gasteiger charge is -2.30. The fourth-order valence-electron chi connectivity index (χ4n) is 4.94. The molecule has 2 aliphatic heterocycles. The van der Waals surface area contributed by atoms with Gasteiger partial charge in [0.05, 0.1) is 6.10 Å². The van der Waals surface area contributed by atoms with Gasteiger partial charge < -0.3 is 9.84 Å². The number of carboxylic acid groups (broad SMARTS) is 1. The summed E-state index contributed by atoms with van der Waals surface area (Å²) < 4.78 is 6.20. The lowest BCUT2D eigenvalue weighted by molar-refractivity contribution is -0.137. The highest BCUT2D eigenvalue weighted by Crippen LogP contribution is 2.55. The molecule has 3 nitrogen and oxygen atoms in total. The molecule has 0 aromatic rings. The van der Waals surface area contributed by atoms with E-state index >= 15 is 0 Å². The molecule has 0 radical (unpaired) electrons. The van der Waals surface area contributed by atoms with Gasteiger partial charge in [-0.2, -0.15) is 11.8 Å². The number of carbonyl (C=O) groups is 1. The number of rotatable bonds is 10. The van der Waals surface area contributed by atoms with Crippen LogP contribution < -0.4 is 0 Å². The molecule has 2 bridgehead atoms. The van der Waals surface area contributed by atoms with E-state index in [2.05, 4.69) is 23.9 Å². The summed E-state index contributed by atoms with van der Waals surface area (Å²) in [6.07, 6.45) is 18.9. The average Bonchev–Trinajstić information content (AvgIpc) is 3.21. The van der Waals surface area contributed by atoms with Crippen molar-refractivity contribution in [3.05, 3.63) is 12.2 Å². The van der Waals surface area contributed by atoms with Crippen LogP contribution in [0.5, 0.6) is 0 Å². The summed E-state index contributed by atoms with van der Waals surface area (Å²) in [6, 6.07) is 0. The molecule has 3 aliphatic rings. The standard InChI is InChI=1S/C21H34O3S/c22-21(23)11-7-2-1-6-10-17-18(20-13-12-19(17)25-20)14-15-24-16-8-4-3-5-9-16/h1,6,16-20H,2-5,7-15H2,(H,22,23)/b6-1-/t17-,18+,19-,20+/m1/s1. The minimum atomic E-state index is -0.684. The van der Waals surface area contributed by atoms with E-state index in [1.54, 1.807) is 0 Å². The molecule has 2 heterocycles. The van der Waals surface area contributed by atoms with Gasteiger partial charge >= 0.3 is 5.97 Å². The molecule has 0 spiro atoms. The lowest BCUT2D eigenvalue weighted by Crippen LogP contribution is -2.28. The number of aliphatic carboxylic acids is 1. The molecule has 0 unspecified atom stereocenters. The smallest absolute Gasteiger partial charge is 0.303 e. The van der Waals surface area contributed by atoms with E-state index in [-0.39, 0.29) is 6.42 Å². The van der Waals surface area contributed by atoms with Crippen LogP contribution in [0.25, 0.3) is 0 Å². The van der Waals surface area contributed by atoms with Crippen LogP contribution in [0.3, 0.4) is 0 Å². The highest BCUT2D eigenvalue weighted by Gasteiger charge is 2.47. The summed E-state index contributed by atoms with van der Waals surface area (Å²) in [5.41, 5.74) is 0. The normalized spacial score (nSPS) is 32.6. The van der Waals surface area contributed by atoms with E-state index < -0.39 is 5.97 Å². The third-order valence-electron chi connectivity index (χ3n) is 6.28. The van der Waals surface area contributed by atoms with E-state index in [4.69, 9.17) is 9.84 Å². The summed E-state index contributed by atoms with van der Waals surface area (Å²) in [5.74, 6) is 0.960. The maximum absolute atomic E-state index is 10.5. The van der Waals surface area contributed by atoms with Gasteiger partial charge in [0.25, 0.3) is 0 Å². The van der Waals surface area contributed by atoms with Gasteiger partial charge in [-0.1, -0.05) is 31.4 Å². The van der Waals surface area contributed by atoms with E-state index in [0.29, 0.717) is 6.10 Å². The monoisotopic (exact) mass is 366 g/mol. The second-order valence-corrected chi connectivity index (χ2v) is 9.51. The van der Waals surface area contributed by atoms with Crippen molar-refractivity contribution in [1.82, 2.24) is 0 Å². The molecule has 0 amide bonds. The molecule has 2 saturated heterocycles. The number of unbranched alkanes of at least 4 members (excludes halogenated alkanes) is 1. The van der Waals surface area contributed by atoms with Crippen molar-refractivity contribution in [2.75, 3.05) is 6.61 Å². The Labute approximate surface area is 157 Å². The first-order chi connectivity index (χ1) is 12.2. The second-order valence-electron chi connectivity index (χ2n) is 8.03. The second kappa shape index (κ2) is 10.0. The van der Waals surface area contributed by atoms with Crippen molar-refractivity contribution in [3.8, 4) is 0 Å². The summed E-state index contributed by atoms with van der Waals surface area (Å²) in [6.45, 7) is 0.956. The summed E-state index contributed by atoms with van der Waals surface area (Å²) in [4.78, 5) is 10.5. The Morgan fingerprint density at radius 2 is 1.80 bits per heavy atom. The molecule has 4 heteroatoms. The number of ether oxygens (including phenoxy) is 1. The van der Waals surface area contributed by atoms with E-state index in [0.717, 1.165) is 41.8 Å². The molecule has 4 atom stereocenters. The first-order valence-corrected chi connectivity index (χ1v) is 11.3. The zero-order chi connectivity index (χ0) is 17.5. The largest absolute Gasteiger partial charge is 0.481 e. The van der Waals surface area contributed by atoms with Crippen molar-refractivity contribution < 1.29 is 14.6 Å². The Morgan fingerprint density at radius 3 is 2.56 bits per heavy atom. The van der Waals surface area contributed by atoms with Crippen LogP contribution in [0, 0.1) is 11.8 Å². The number of allylic oxidation sites excluding steroid dienone is 2. The molecule has 1 aliphatic carbocycles. The van der Waals surface area contributed by atoms with Gasteiger partial charge in [0.1, 0.15) is 0 Å². The number of hydrogen-bond donors (Lipinski definition) is 1. The van der Waals surface area contributed by atoms with Gasteiger partial charge in [-0.05, 0) is 63.2 Å². The molecule has 1 N–H and O–H groups in total. The van der Waals surface area contributed by atoms with Crippen LogP contribution in [0.2, 0.25) is 0 Å². The number of fused-ring (bicyclic) bond motifs is 2. The maximum atomic E-state index is 10.5. The average molecular weight is 367 g/mol. The zero-order valence-electron chi connectivity index (χ0n) is 15.4. The topological polar surface area (TPSA) is 46.5 Å². The van der Waals surface area contributed by atoms with Crippen molar-refractivity contribution in [1.29, 1.82) is 0 Å². The van der Waals surface area contributed by atoms with Crippen LogP contribution >= 0.6 is 11.8 Å². The van der Waals surface area contributed by atoms with Gasteiger partial charge in [-0.3, -0.25) is 4.79 Å². The lowest BCUT2D eigenvalue weighted by atomic mass is 9.76. The van der Waals surface area contributed by atoms with Crippen molar-refractivity contribution in [2.45, 2.75) is 93.7 Å². The molecule has 0 aromatic carbocycles.